The van der Waals surface area contributed by atoms with Gasteiger partial charge in [-0.2, -0.15) is 0 Å². The lowest BCUT2D eigenvalue weighted by atomic mass is 10.1. The summed E-state index contributed by atoms with van der Waals surface area (Å²) in [5, 5.41) is 1.13. The Morgan fingerprint density at radius 2 is 1.94 bits per heavy atom. The number of nitrogens with zero attached hydrogens (tertiary/aromatic N) is 1. The maximum absolute atomic E-state index is 5.66. The third-order valence-corrected chi connectivity index (χ3v) is 2.82. The van der Waals surface area contributed by atoms with Gasteiger partial charge in [0, 0.05) is 11.5 Å². The van der Waals surface area contributed by atoms with E-state index < -0.39 is 0 Å². The number of furan rings is 1. The molecule has 0 N–H and O–H groups in total. The average molecular weight is 239 g/mol. The first-order chi connectivity index (χ1) is 8.83. The molecule has 1 atom stereocenters. The van der Waals surface area contributed by atoms with Gasteiger partial charge in [0.15, 0.2) is 0 Å². The molecule has 1 unspecified atom stereocenters. The zero-order valence-electron chi connectivity index (χ0n) is 10.0. The van der Waals surface area contributed by atoms with Crippen molar-refractivity contribution in [1.82, 2.24) is 4.98 Å². The molecule has 1 aromatic carbocycles. The van der Waals surface area contributed by atoms with Crippen LogP contribution < -0.4 is 4.74 Å². The monoisotopic (exact) mass is 239 g/mol. The molecule has 0 aliphatic rings. The summed E-state index contributed by atoms with van der Waals surface area (Å²) in [6.45, 7) is 1.96. The molecular formula is C15H13NO2. The molecule has 0 bridgehead atoms. The molecule has 90 valence electrons. The summed E-state index contributed by atoms with van der Waals surface area (Å²) in [4.78, 5) is 4.59. The lowest BCUT2D eigenvalue weighted by molar-refractivity contribution is 0.170. The number of hydrogen-bond acceptors (Lipinski definition) is 3. The van der Waals surface area contributed by atoms with Gasteiger partial charge >= 0.3 is 0 Å². The SMILES string of the molecule is CC(Oc1ccco1)c1ccc2ccccc2n1. The number of para-hydroxylation sites is 1. The largest absolute Gasteiger partial charge is 0.456 e. The van der Waals surface area contributed by atoms with Crippen molar-refractivity contribution in [1.29, 1.82) is 0 Å². The summed E-state index contributed by atoms with van der Waals surface area (Å²) in [7, 11) is 0. The van der Waals surface area contributed by atoms with Gasteiger partial charge in [-0.1, -0.05) is 24.3 Å². The summed E-state index contributed by atoms with van der Waals surface area (Å²) in [6.07, 6.45) is 1.45. The van der Waals surface area contributed by atoms with Crippen LogP contribution in [0.25, 0.3) is 10.9 Å². The van der Waals surface area contributed by atoms with Crippen LogP contribution in [0.15, 0.2) is 59.2 Å². The van der Waals surface area contributed by atoms with Crippen molar-refractivity contribution in [2.45, 2.75) is 13.0 Å². The quantitative estimate of drug-likeness (QED) is 0.693. The predicted molar refractivity (Wildman–Crippen MR) is 69.5 cm³/mol. The number of fused-ring (bicyclic) bond motifs is 1. The van der Waals surface area contributed by atoms with Gasteiger partial charge in [-0.25, -0.2) is 4.98 Å². The fraction of sp³-hybridized carbons (Fsp3) is 0.133. The normalized spacial score (nSPS) is 12.5. The smallest absolute Gasteiger partial charge is 0.284 e. The lowest BCUT2D eigenvalue weighted by Crippen LogP contribution is -2.04. The predicted octanol–water partition coefficient (Wildman–Crippen LogP) is 3.97. The molecule has 2 heterocycles. The third kappa shape index (κ3) is 2.07. The molecule has 3 nitrogen and oxygen atoms in total. The molecule has 0 radical (unpaired) electrons. The van der Waals surface area contributed by atoms with Crippen molar-refractivity contribution in [3.05, 3.63) is 60.5 Å². The second-order valence-electron chi connectivity index (χ2n) is 4.12. The Labute approximate surface area is 105 Å². The van der Waals surface area contributed by atoms with Gasteiger partial charge in [-0.15, -0.1) is 0 Å². The number of aromatic nitrogens is 1. The topological polar surface area (TPSA) is 35.3 Å². The minimum atomic E-state index is -0.138. The third-order valence-electron chi connectivity index (χ3n) is 2.82. The first kappa shape index (κ1) is 10.8. The average Bonchev–Trinajstić information content (AvgIpc) is 2.91. The van der Waals surface area contributed by atoms with Crippen LogP contribution in [0, 0.1) is 0 Å². The highest BCUT2D eigenvalue weighted by Gasteiger charge is 2.10. The molecule has 0 fully saturated rings. The Morgan fingerprint density at radius 3 is 2.78 bits per heavy atom. The minimum absolute atomic E-state index is 0.138. The van der Waals surface area contributed by atoms with Gasteiger partial charge in [0.1, 0.15) is 6.10 Å². The van der Waals surface area contributed by atoms with Crippen molar-refractivity contribution in [2.24, 2.45) is 0 Å². The van der Waals surface area contributed by atoms with Crippen LogP contribution >= 0.6 is 0 Å². The first-order valence-electron chi connectivity index (χ1n) is 5.89. The number of hydrogen-bond donors (Lipinski definition) is 0. The number of pyridine rings is 1. The Morgan fingerprint density at radius 1 is 1.06 bits per heavy atom. The van der Waals surface area contributed by atoms with E-state index in [1.165, 1.54) is 0 Å². The fourth-order valence-corrected chi connectivity index (χ4v) is 1.87. The van der Waals surface area contributed by atoms with Crippen molar-refractivity contribution < 1.29 is 9.15 Å². The van der Waals surface area contributed by atoms with Crippen LogP contribution in [0.4, 0.5) is 0 Å². The first-order valence-corrected chi connectivity index (χ1v) is 5.89. The van der Waals surface area contributed by atoms with Crippen molar-refractivity contribution >= 4 is 10.9 Å². The van der Waals surface area contributed by atoms with E-state index in [-0.39, 0.29) is 6.10 Å². The maximum atomic E-state index is 5.66. The van der Waals surface area contributed by atoms with Crippen LogP contribution in [0.3, 0.4) is 0 Å². The van der Waals surface area contributed by atoms with E-state index in [0.29, 0.717) is 5.95 Å². The molecular weight excluding hydrogens is 226 g/mol. The molecule has 3 rings (SSSR count). The lowest BCUT2D eigenvalue weighted by Gasteiger charge is -2.12. The molecule has 18 heavy (non-hydrogen) atoms. The molecule has 0 saturated carbocycles. The van der Waals surface area contributed by atoms with Crippen LogP contribution in [-0.2, 0) is 0 Å². The Kier molecular flexibility index (Phi) is 2.73. The standard InChI is InChI=1S/C15H13NO2/c1-11(18-15-7-4-10-17-15)13-9-8-12-5-2-3-6-14(12)16-13/h2-11H,1H3. The summed E-state index contributed by atoms with van der Waals surface area (Å²) >= 11 is 0. The Balaban J connectivity index is 1.89. The van der Waals surface area contributed by atoms with Crippen LogP contribution in [0.5, 0.6) is 5.95 Å². The zero-order chi connectivity index (χ0) is 12.4. The van der Waals surface area contributed by atoms with Gasteiger partial charge in [0.25, 0.3) is 5.95 Å². The Hall–Kier alpha value is -2.29. The molecule has 3 aromatic rings. The summed E-state index contributed by atoms with van der Waals surface area (Å²) in [5.74, 6) is 0.512. The van der Waals surface area contributed by atoms with Crippen molar-refractivity contribution in [2.75, 3.05) is 0 Å². The number of ether oxygens (including phenoxy) is 1. The summed E-state index contributed by atoms with van der Waals surface area (Å²) in [6, 6.07) is 15.7. The van der Waals surface area contributed by atoms with E-state index in [4.69, 9.17) is 9.15 Å². The van der Waals surface area contributed by atoms with E-state index in [1.54, 1.807) is 18.4 Å². The second-order valence-corrected chi connectivity index (χ2v) is 4.12. The van der Waals surface area contributed by atoms with E-state index >= 15 is 0 Å². The molecule has 0 saturated heterocycles. The van der Waals surface area contributed by atoms with Gasteiger partial charge in [0.05, 0.1) is 17.5 Å². The molecule has 3 heteroatoms. The van der Waals surface area contributed by atoms with Gasteiger partial charge in [-0.05, 0) is 25.1 Å². The highest BCUT2D eigenvalue weighted by molar-refractivity contribution is 5.78. The molecule has 0 aliphatic carbocycles. The number of rotatable bonds is 3. The van der Waals surface area contributed by atoms with Crippen LogP contribution in [0.1, 0.15) is 18.7 Å². The zero-order valence-corrected chi connectivity index (χ0v) is 10.0. The molecule has 2 aromatic heterocycles. The van der Waals surface area contributed by atoms with Gasteiger partial charge in [0.2, 0.25) is 0 Å². The van der Waals surface area contributed by atoms with Crippen molar-refractivity contribution in [3.63, 3.8) is 0 Å². The molecule has 0 amide bonds. The molecule has 0 aliphatic heterocycles. The van der Waals surface area contributed by atoms with E-state index in [2.05, 4.69) is 11.1 Å². The Bertz CT molecular complexity index is 646. The van der Waals surface area contributed by atoms with Crippen molar-refractivity contribution in [3.8, 4) is 5.95 Å². The van der Waals surface area contributed by atoms with E-state index in [9.17, 15) is 0 Å². The summed E-state index contributed by atoms with van der Waals surface area (Å²) < 4.78 is 10.8. The minimum Gasteiger partial charge on any atom is -0.456 e. The van der Waals surface area contributed by atoms with E-state index in [0.717, 1.165) is 16.6 Å². The summed E-state index contributed by atoms with van der Waals surface area (Å²) in [5.41, 5.74) is 1.87. The molecule has 0 spiro atoms. The second kappa shape index (κ2) is 4.53. The fourth-order valence-electron chi connectivity index (χ4n) is 1.87. The highest BCUT2D eigenvalue weighted by atomic mass is 16.6. The van der Waals surface area contributed by atoms with Crippen LogP contribution in [0.2, 0.25) is 0 Å². The number of benzene rings is 1. The van der Waals surface area contributed by atoms with Gasteiger partial charge in [-0.3, -0.25) is 0 Å². The van der Waals surface area contributed by atoms with Gasteiger partial charge < -0.3 is 9.15 Å². The highest BCUT2D eigenvalue weighted by Crippen LogP contribution is 2.22. The van der Waals surface area contributed by atoms with Crippen LogP contribution in [-0.4, -0.2) is 4.98 Å². The van der Waals surface area contributed by atoms with E-state index in [1.807, 2.05) is 37.3 Å². The maximum Gasteiger partial charge on any atom is 0.284 e.